The van der Waals surface area contributed by atoms with Crippen LogP contribution in [0.3, 0.4) is 0 Å². The quantitative estimate of drug-likeness (QED) is 0.692. The Morgan fingerprint density at radius 1 is 0.952 bits per heavy atom. The summed E-state index contributed by atoms with van der Waals surface area (Å²) in [7, 11) is -0.919. The molecule has 0 aromatic rings. The van der Waals surface area contributed by atoms with E-state index in [-0.39, 0.29) is 17.9 Å². The van der Waals surface area contributed by atoms with Gasteiger partial charge in [0.2, 0.25) is 0 Å². The predicted octanol–water partition coefficient (Wildman–Crippen LogP) is 1.66. The molecule has 2 unspecified atom stereocenters. The van der Waals surface area contributed by atoms with Crippen LogP contribution in [0.15, 0.2) is 0 Å². The lowest BCUT2D eigenvalue weighted by Gasteiger charge is -2.53. The first kappa shape index (κ1) is 19.3. The molecule has 0 amide bonds. The minimum atomic E-state index is -1.90. The summed E-state index contributed by atoms with van der Waals surface area (Å²) in [5.74, 6) is 0. The molecule has 0 spiro atoms. The smallest absolute Gasteiger partial charge is 0.357 e. The Morgan fingerprint density at radius 3 is 1.95 bits per heavy atom. The van der Waals surface area contributed by atoms with Gasteiger partial charge in [0, 0.05) is 36.7 Å². The molecule has 2 aliphatic heterocycles. The van der Waals surface area contributed by atoms with Crippen LogP contribution >= 0.6 is 0 Å². The Labute approximate surface area is 135 Å². The molecule has 2 aliphatic rings. The second-order valence-electron chi connectivity index (χ2n) is 5.97. The maximum atomic E-state index is 6.40. The highest BCUT2D eigenvalue weighted by atomic mass is 28.3. The SMILES string of the molecule is C.CCO[SiH](OCC)C1(C2([SiH3])CCCCO2)CCCCO1. The molecule has 0 saturated carbocycles. The van der Waals surface area contributed by atoms with Crippen molar-refractivity contribution in [2.75, 3.05) is 26.4 Å². The Bertz CT molecular complexity index is 283. The van der Waals surface area contributed by atoms with Gasteiger partial charge in [0.15, 0.2) is 0 Å². The molecule has 2 atom stereocenters. The first-order valence-corrected chi connectivity index (χ1v) is 10.7. The van der Waals surface area contributed by atoms with E-state index in [0.29, 0.717) is 13.2 Å². The van der Waals surface area contributed by atoms with Gasteiger partial charge in [-0.2, -0.15) is 0 Å². The van der Waals surface area contributed by atoms with Crippen LogP contribution in [0.25, 0.3) is 0 Å². The van der Waals surface area contributed by atoms with E-state index in [1.165, 1.54) is 19.3 Å². The molecule has 0 aliphatic carbocycles. The lowest BCUT2D eigenvalue weighted by Crippen LogP contribution is -2.69. The second kappa shape index (κ2) is 8.79. The highest BCUT2D eigenvalue weighted by molar-refractivity contribution is 6.50. The first-order chi connectivity index (χ1) is 9.68. The van der Waals surface area contributed by atoms with Gasteiger partial charge in [-0.1, -0.05) is 7.43 Å². The van der Waals surface area contributed by atoms with E-state index in [1.807, 2.05) is 0 Å². The van der Waals surface area contributed by atoms with Crippen molar-refractivity contribution in [1.82, 2.24) is 0 Å². The molecular weight excluding hydrogens is 300 g/mol. The molecule has 126 valence electrons. The van der Waals surface area contributed by atoms with Gasteiger partial charge in [-0.05, 0) is 52.4 Å². The summed E-state index contributed by atoms with van der Waals surface area (Å²) in [5, 5.41) is -0.364. The lowest BCUT2D eigenvalue weighted by molar-refractivity contribution is -0.174. The molecule has 2 saturated heterocycles. The largest absolute Gasteiger partial charge is 0.395 e. The van der Waals surface area contributed by atoms with Gasteiger partial charge in [-0.25, -0.2) is 0 Å². The van der Waals surface area contributed by atoms with E-state index >= 15 is 0 Å². The van der Waals surface area contributed by atoms with Gasteiger partial charge in [0.25, 0.3) is 0 Å². The van der Waals surface area contributed by atoms with E-state index in [9.17, 15) is 0 Å². The van der Waals surface area contributed by atoms with Crippen molar-refractivity contribution in [1.29, 1.82) is 0 Å². The number of ether oxygens (including phenoxy) is 2. The van der Waals surface area contributed by atoms with E-state index < -0.39 is 9.28 Å². The fraction of sp³-hybridized carbons (Fsp3) is 1.00. The maximum absolute atomic E-state index is 6.40. The number of rotatable bonds is 6. The average molecular weight is 335 g/mol. The van der Waals surface area contributed by atoms with Crippen LogP contribution < -0.4 is 0 Å². The molecule has 2 heterocycles. The first-order valence-electron chi connectivity index (χ1n) is 8.19. The van der Waals surface area contributed by atoms with Crippen molar-refractivity contribution in [2.24, 2.45) is 0 Å². The van der Waals surface area contributed by atoms with Crippen molar-refractivity contribution in [2.45, 2.75) is 70.2 Å². The van der Waals surface area contributed by atoms with Gasteiger partial charge in [0.05, 0.1) is 5.22 Å². The van der Waals surface area contributed by atoms with E-state index in [4.69, 9.17) is 18.3 Å². The van der Waals surface area contributed by atoms with Gasteiger partial charge < -0.3 is 18.3 Å². The minimum absolute atomic E-state index is 0. The molecule has 0 radical (unpaired) electrons. The highest BCUT2D eigenvalue weighted by Gasteiger charge is 2.59. The maximum Gasteiger partial charge on any atom is 0.357 e. The summed E-state index contributed by atoms with van der Waals surface area (Å²) in [6, 6.07) is 0. The van der Waals surface area contributed by atoms with Crippen LogP contribution in [-0.2, 0) is 18.3 Å². The third-order valence-electron chi connectivity index (χ3n) is 4.68. The Hall–Kier alpha value is 0.274. The van der Waals surface area contributed by atoms with Crippen molar-refractivity contribution >= 4 is 19.5 Å². The van der Waals surface area contributed by atoms with E-state index in [1.54, 1.807) is 0 Å². The van der Waals surface area contributed by atoms with Crippen LogP contribution in [-0.4, -0.2) is 56.4 Å². The summed E-state index contributed by atoms with van der Waals surface area (Å²) >= 11 is 0. The molecule has 0 N–H and O–H groups in total. The molecule has 21 heavy (non-hydrogen) atoms. The van der Waals surface area contributed by atoms with Gasteiger partial charge in [-0.15, -0.1) is 0 Å². The van der Waals surface area contributed by atoms with Gasteiger partial charge >= 0.3 is 9.28 Å². The topological polar surface area (TPSA) is 36.9 Å². The van der Waals surface area contributed by atoms with Crippen LogP contribution in [0.2, 0.25) is 0 Å². The predicted molar refractivity (Wildman–Crippen MR) is 92.1 cm³/mol. The normalized spacial score (nSPS) is 33.9. The third kappa shape index (κ3) is 3.97. The van der Waals surface area contributed by atoms with Crippen LogP contribution in [0.5, 0.6) is 0 Å². The fourth-order valence-electron chi connectivity index (χ4n) is 3.56. The van der Waals surface area contributed by atoms with Crippen molar-refractivity contribution < 1.29 is 18.3 Å². The second-order valence-corrected chi connectivity index (χ2v) is 9.85. The molecule has 0 aromatic heterocycles. The van der Waals surface area contributed by atoms with Gasteiger partial charge in [0.1, 0.15) is 5.22 Å². The molecule has 6 heteroatoms. The Morgan fingerprint density at radius 2 is 1.52 bits per heavy atom. The highest BCUT2D eigenvalue weighted by Crippen LogP contribution is 2.43. The van der Waals surface area contributed by atoms with Crippen molar-refractivity contribution in [3.63, 3.8) is 0 Å². The number of hydrogen-bond acceptors (Lipinski definition) is 4. The average Bonchev–Trinajstić information content (AvgIpc) is 2.48. The van der Waals surface area contributed by atoms with E-state index in [0.717, 1.165) is 42.7 Å². The van der Waals surface area contributed by atoms with Crippen molar-refractivity contribution in [3.8, 4) is 0 Å². The molecule has 2 rings (SSSR count). The van der Waals surface area contributed by atoms with Gasteiger partial charge in [-0.3, -0.25) is 0 Å². The van der Waals surface area contributed by atoms with E-state index in [2.05, 4.69) is 13.8 Å². The zero-order valence-electron chi connectivity index (χ0n) is 13.3. The zero-order valence-corrected chi connectivity index (χ0v) is 16.4. The monoisotopic (exact) mass is 334 g/mol. The molecule has 4 nitrogen and oxygen atoms in total. The lowest BCUT2D eigenvalue weighted by atomic mass is 9.96. The zero-order chi connectivity index (χ0) is 14.5. The Balaban J connectivity index is 0.00000220. The molecule has 0 aromatic carbocycles. The number of hydrogen-bond donors (Lipinski definition) is 0. The standard InChI is InChI=1S/C14H30O4Si2.CH4/c1-3-17-20(18-4-2)14(10-6-8-12-16-14)13(19)9-5-7-11-15-13;/h20H,3-12H2,1-2,19H3;1H4. The molecule has 0 bridgehead atoms. The summed E-state index contributed by atoms with van der Waals surface area (Å²) < 4.78 is 24.8. The summed E-state index contributed by atoms with van der Waals surface area (Å²) in [6.45, 7) is 7.22. The van der Waals surface area contributed by atoms with Crippen LogP contribution in [0.4, 0.5) is 0 Å². The Kier molecular flexibility index (Phi) is 8.09. The van der Waals surface area contributed by atoms with Crippen molar-refractivity contribution in [3.05, 3.63) is 0 Å². The minimum Gasteiger partial charge on any atom is -0.395 e. The summed E-state index contributed by atoms with van der Waals surface area (Å²) in [6.07, 6.45) is 6.94. The summed E-state index contributed by atoms with van der Waals surface area (Å²) in [4.78, 5) is 0. The third-order valence-corrected chi connectivity index (χ3v) is 9.99. The van der Waals surface area contributed by atoms with Crippen LogP contribution in [0.1, 0.15) is 59.8 Å². The van der Waals surface area contributed by atoms with Crippen LogP contribution in [0, 0.1) is 0 Å². The molecular formula is C15H34O4Si2. The summed E-state index contributed by atoms with van der Waals surface area (Å²) in [5.41, 5.74) is 0. The fourth-order valence-corrected chi connectivity index (χ4v) is 7.88. The molecule has 2 fully saturated rings.